The summed E-state index contributed by atoms with van der Waals surface area (Å²) >= 11 is 0. The van der Waals surface area contributed by atoms with Gasteiger partial charge in [0.1, 0.15) is 0 Å². The predicted octanol–water partition coefficient (Wildman–Crippen LogP) is 1.28. The number of fused-ring (bicyclic) bond motifs is 1. The minimum absolute atomic E-state index is 0.0141. The molecule has 1 saturated carbocycles. The number of piperidine rings is 1. The molecule has 3 fully saturated rings. The van der Waals surface area contributed by atoms with Gasteiger partial charge in [-0.3, -0.25) is 4.79 Å². The van der Waals surface area contributed by atoms with Crippen LogP contribution in [0.1, 0.15) is 51.4 Å². The summed E-state index contributed by atoms with van der Waals surface area (Å²) in [6.45, 7) is 0.947. The van der Waals surface area contributed by atoms with Crippen molar-refractivity contribution >= 4 is 5.91 Å². The van der Waals surface area contributed by atoms with Gasteiger partial charge in [0.25, 0.3) is 0 Å². The van der Waals surface area contributed by atoms with Crippen LogP contribution >= 0.6 is 0 Å². The molecule has 1 aliphatic carbocycles. The Morgan fingerprint density at radius 2 is 1.95 bits per heavy atom. The van der Waals surface area contributed by atoms with Crippen molar-refractivity contribution in [2.45, 2.75) is 69.5 Å². The summed E-state index contributed by atoms with van der Waals surface area (Å²) in [5.41, 5.74) is 0. The van der Waals surface area contributed by atoms with Crippen molar-refractivity contribution in [3.63, 3.8) is 0 Å². The van der Waals surface area contributed by atoms with Crippen LogP contribution in [0.15, 0.2) is 0 Å². The molecular formula is C15H26N2O2. The van der Waals surface area contributed by atoms with E-state index in [9.17, 15) is 9.90 Å². The first kappa shape index (κ1) is 13.4. The third kappa shape index (κ3) is 2.65. The van der Waals surface area contributed by atoms with Crippen LogP contribution in [0, 0.1) is 5.92 Å². The summed E-state index contributed by atoms with van der Waals surface area (Å²) in [6.07, 6.45) is 9.34. The van der Waals surface area contributed by atoms with Crippen LogP contribution < -0.4 is 5.32 Å². The van der Waals surface area contributed by atoms with Gasteiger partial charge >= 0.3 is 0 Å². The maximum absolute atomic E-state index is 12.7. The monoisotopic (exact) mass is 266 g/mol. The van der Waals surface area contributed by atoms with Gasteiger partial charge in [-0.15, -0.1) is 0 Å². The van der Waals surface area contributed by atoms with Gasteiger partial charge in [-0.25, -0.2) is 0 Å². The molecule has 108 valence electrons. The van der Waals surface area contributed by atoms with Crippen molar-refractivity contribution in [2.24, 2.45) is 5.92 Å². The number of aliphatic hydroxyl groups is 1. The number of nitrogens with zero attached hydrogens (tertiary/aromatic N) is 1. The average Bonchev–Trinajstić information content (AvgIpc) is 2.90. The first-order valence-corrected chi connectivity index (χ1v) is 7.97. The van der Waals surface area contributed by atoms with E-state index in [0.29, 0.717) is 12.0 Å². The third-order valence-electron chi connectivity index (χ3n) is 5.28. The van der Waals surface area contributed by atoms with Crippen molar-refractivity contribution < 1.29 is 9.90 Å². The number of rotatable bonds is 2. The lowest BCUT2D eigenvalue weighted by Crippen LogP contribution is -2.52. The van der Waals surface area contributed by atoms with Crippen molar-refractivity contribution in [3.05, 3.63) is 0 Å². The van der Waals surface area contributed by atoms with Crippen LogP contribution in [-0.4, -0.2) is 47.2 Å². The lowest BCUT2D eigenvalue weighted by atomic mass is 9.85. The Labute approximate surface area is 115 Å². The first-order valence-electron chi connectivity index (χ1n) is 7.97. The second-order valence-electron chi connectivity index (χ2n) is 6.47. The molecule has 0 bridgehead atoms. The molecular weight excluding hydrogens is 240 g/mol. The summed E-state index contributed by atoms with van der Waals surface area (Å²) in [7, 11) is 0. The number of hydrogen-bond donors (Lipinski definition) is 2. The largest absolute Gasteiger partial charge is 0.394 e. The second kappa shape index (κ2) is 5.80. The highest BCUT2D eigenvalue weighted by Gasteiger charge is 2.41. The van der Waals surface area contributed by atoms with E-state index in [1.54, 1.807) is 0 Å². The number of carbonyl (C=O) groups is 1. The van der Waals surface area contributed by atoms with Crippen molar-refractivity contribution in [1.82, 2.24) is 10.2 Å². The zero-order valence-corrected chi connectivity index (χ0v) is 11.7. The van der Waals surface area contributed by atoms with E-state index in [4.69, 9.17) is 0 Å². The van der Waals surface area contributed by atoms with Gasteiger partial charge in [0.15, 0.2) is 0 Å². The number of hydrogen-bond acceptors (Lipinski definition) is 3. The fourth-order valence-electron chi connectivity index (χ4n) is 4.19. The molecule has 19 heavy (non-hydrogen) atoms. The van der Waals surface area contributed by atoms with Gasteiger partial charge in [-0.2, -0.15) is 0 Å². The normalized spacial score (nSPS) is 39.1. The minimum atomic E-state index is 0.0141. The lowest BCUT2D eigenvalue weighted by molar-refractivity contribution is -0.138. The first-order chi connectivity index (χ1) is 9.29. The Kier molecular flexibility index (Phi) is 4.08. The van der Waals surface area contributed by atoms with Crippen LogP contribution in [0.5, 0.6) is 0 Å². The second-order valence-corrected chi connectivity index (χ2v) is 6.47. The Hall–Kier alpha value is -0.610. The maximum atomic E-state index is 12.7. The summed E-state index contributed by atoms with van der Waals surface area (Å²) in [4.78, 5) is 14.6. The van der Waals surface area contributed by atoms with Gasteiger partial charge in [-0.1, -0.05) is 12.8 Å². The van der Waals surface area contributed by atoms with Crippen LogP contribution in [0.2, 0.25) is 0 Å². The highest BCUT2D eigenvalue weighted by molar-refractivity contribution is 5.82. The van der Waals surface area contributed by atoms with Crippen molar-refractivity contribution in [3.8, 4) is 0 Å². The molecule has 0 aromatic carbocycles. The molecule has 0 radical (unpaired) electrons. The molecule has 3 rings (SSSR count). The SMILES string of the molecule is O=C(C1CC2CCCCC2N1)N1CCCCC1CO. The van der Waals surface area contributed by atoms with E-state index in [1.165, 1.54) is 25.7 Å². The average molecular weight is 266 g/mol. The highest BCUT2D eigenvalue weighted by atomic mass is 16.3. The molecule has 0 aromatic heterocycles. The van der Waals surface area contributed by atoms with Crippen LogP contribution in [0.25, 0.3) is 0 Å². The van der Waals surface area contributed by atoms with E-state index in [2.05, 4.69) is 5.32 Å². The van der Waals surface area contributed by atoms with Crippen molar-refractivity contribution in [2.75, 3.05) is 13.2 Å². The maximum Gasteiger partial charge on any atom is 0.240 e. The molecule has 0 spiro atoms. The molecule has 4 atom stereocenters. The fourth-order valence-corrected chi connectivity index (χ4v) is 4.19. The van der Waals surface area contributed by atoms with E-state index in [-0.39, 0.29) is 24.6 Å². The molecule has 4 unspecified atom stereocenters. The summed E-state index contributed by atoms with van der Waals surface area (Å²) < 4.78 is 0. The summed E-state index contributed by atoms with van der Waals surface area (Å²) in [5.74, 6) is 0.952. The number of carbonyl (C=O) groups excluding carboxylic acids is 1. The Morgan fingerprint density at radius 1 is 1.16 bits per heavy atom. The van der Waals surface area contributed by atoms with Crippen LogP contribution in [0.3, 0.4) is 0 Å². The van der Waals surface area contributed by atoms with Crippen LogP contribution in [0.4, 0.5) is 0 Å². The highest BCUT2D eigenvalue weighted by Crippen LogP contribution is 2.34. The molecule has 2 saturated heterocycles. The Balaban J connectivity index is 1.63. The van der Waals surface area contributed by atoms with Gasteiger partial charge < -0.3 is 15.3 Å². The molecule has 3 aliphatic rings. The molecule has 0 aromatic rings. The van der Waals surface area contributed by atoms with Gasteiger partial charge in [-0.05, 0) is 44.4 Å². The molecule has 2 N–H and O–H groups in total. The molecule has 1 amide bonds. The van der Waals surface area contributed by atoms with E-state index in [0.717, 1.165) is 32.2 Å². The lowest BCUT2D eigenvalue weighted by Gasteiger charge is -2.36. The van der Waals surface area contributed by atoms with Gasteiger partial charge in [0.05, 0.1) is 18.7 Å². The molecule has 4 heteroatoms. The topological polar surface area (TPSA) is 52.6 Å². The predicted molar refractivity (Wildman–Crippen MR) is 73.7 cm³/mol. The number of aliphatic hydroxyl groups excluding tert-OH is 1. The standard InChI is InChI=1S/C15H26N2O2/c18-10-12-6-3-4-8-17(12)15(19)14-9-11-5-1-2-7-13(11)16-14/h11-14,16,18H,1-10H2. The van der Waals surface area contributed by atoms with E-state index < -0.39 is 0 Å². The zero-order valence-electron chi connectivity index (χ0n) is 11.7. The number of amides is 1. The van der Waals surface area contributed by atoms with E-state index >= 15 is 0 Å². The number of likely N-dealkylation sites (tertiary alicyclic amines) is 1. The number of nitrogens with one attached hydrogen (secondary N) is 1. The van der Waals surface area contributed by atoms with E-state index in [1.807, 2.05) is 4.90 Å². The van der Waals surface area contributed by atoms with Crippen LogP contribution in [-0.2, 0) is 4.79 Å². The van der Waals surface area contributed by atoms with Gasteiger partial charge in [0, 0.05) is 12.6 Å². The summed E-state index contributed by atoms with van der Waals surface area (Å²) in [5, 5.41) is 13.0. The molecule has 2 aliphatic heterocycles. The quantitative estimate of drug-likeness (QED) is 0.791. The van der Waals surface area contributed by atoms with Crippen molar-refractivity contribution in [1.29, 1.82) is 0 Å². The third-order valence-corrected chi connectivity index (χ3v) is 5.28. The Morgan fingerprint density at radius 3 is 2.74 bits per heavy atom. The minimum Gasteiger partial charge on any atom is -0.394 e. The van der Waals surface area contributed by atoms with Gasteiger partial charge in [0.2, 0.25) is 5.91 Å². The molecule has 2 heterocycles. The Bertz CT molecular complexity index is 320. The fraction of sp³-hybridized carbons (Fsp3) is 0.933. The molecule has 4 nitrogen and oxygen atoms in total. The smallest absolute Gasteiger partial charge is 0.240 e. The zero-order chi connectivity index (χ0) is 13.2. The summed E-state index contributed by atoms with van der Waals surface area (Å²) in [6, 6.07) is 0.644.